The highest BCUT2D eigenvalue weighted by Gasteiger charge is 2.56. The van der Waals surface area contributed by atoms with Crippen LogP contribution < -0.4 is 5.32 Å². The van der Waals surface area contributed by atoms with Crippen LogP contribution in [0, 0.1) is 5.41 Å². The SMILES string of the molecule is CCO[C@@H]1C[C@H](O)C12CCN(C(=O)NCC1(SC)CC1)CC2. The van der Waals surface area contributed by atoms with Crippen molar-refractivity contribution in [3.05, 3.63) is 0 Å². The van der Waals surface area contributed by atoms with Crippen molar-refractivity contribution in [3.63, 3.8) is 0 Å². The first kappa shape index (κ1) is 16.4. The summed E-state index contributed by atoms with van der Waals surface area (Å²) in [6.45, 7) is 4.91. The lowest BCUT2D eigenvalue weighted by molar-refractivity contribution is -0.207. The Morgan fingerprint density at radius 2 is 2.05 bits per heavy atom. The smallest absolute Gasteiger partial charge is 0.317 e. The van der Waals surface area contributed by atoms with E-state index in [2.05, 4.69) is 11.6 Å². The summed E-state index contributed by atoms with van der Waals surface area (Å²) in [5.41, 5.74) is -0.107. The van der Waals surface area contributed by atoms with Crippen molar-refractivity contribution in [2.75, 3.05) is 32.5 Å². The maximum absolute atomic E-state index is 12.3. The molecular weight excluding hydrogens is 300 g/mol. The largest absolute Gasteiger partial charge is 0.392 e. The number of piperidine rings is 1. The zero-order chi connectivity index (χ0) is 15.8. The van der Waals surface area contributed by atoms with Crippen molar-refractivity contribution in [1.82, 2.24) is 10.2 Å². The second kappa shape index (κ2) is 6.21. The molecule has 2 amide bonds. The van der Waals surface area contributed by atoms with Crippen molar-refractivity contribution in [2.45, 2.75) is 56.0 Å². The second-order valence-electron chi connectivity index (χ2n) is 6.96. The van der Waals surface area contributed by atoms with Gasteiger partial charge in [-0.1, -0.05) is 0 Å². The molecule has 0 aromatic rings. The van der Waals surface area contributed by atoms with Crippen LogP contribution in [0.2, 0.25) is 0 Å². The number of hydrogen-bond acceptors (Lipinski definition) is 4. The Labute approximate surface area is 137 Å². The van der Waals surface area contributed by atoms with Crippen LogP contribution >= 0.6 is 11.8 Å². The van der Waals surface area contributed by atoms with E-state index in [-0.39, 0.29) is 23.7 Å². The molecule has 1 spiro atoms. The third-order valence-corrected chi connectivity index (χ3v) is 7.31. The van der Waals surface area contributed by atoms with Gasteiger partial charge < -0.3 is 20.1 Å². The highest BCUT2D eigenvalue weighted by molar-refractivity contribution is 8.00. The lowest BCUT2D eigenvalue weighted by Gasteiger charge is -2.56. The second-order valence-corrected chi connectivity index (χ2v) is 8.24. The molecule has 22 heavy (non-hydrogen) atoms. The highest BCUT2D eigenvalue weighted by atomic mass is 32.2. The molecule has 1 aliphatic heterocycles. The molecule has 1 saturated heterocycles. The first-order chi connectivity index (χ1) is 10.6. The monoisotopic (exact) mass is 328 g/mol. The summed E-state index contributed by atoms with van der Waals surface area (Å²) in [5.74, 6) is 0. The van der Waals surface area contributed by atoms with E-state index >= 15 is 0 Å². The average molecular weight is 328 g/mol. The van der Waals surface area contributed by atoms with Crippen LogP contribution in [0.15, 0.2) is 0 Å². The number of aliphatic hydroxyl groups excluding tert-OH is 1. The Kier molecular flexibility index (Phi) is 4.63. The minimum absolute atomic E-state index is 0.0527. The van der Waals surface area contributed by atoms with Gasteiger partial charge in [-0.3, -0.25) is 0 Å². The van der Waals surface area contributed by atoms with E-state index < -0.39 is 0 Å². The lowest BCUT2D eigenvalue weighted by atomic mass is 9.58. The zero-order valence-electron chi connectivity index (χ0n) is 13.6. The lowest BCUT2D eigenvalue weighted by Crippen LogP contribution is -2.63. The van der Waals surface area contributed by atoms with Gasteiger partial charge in [-0.05, 0) is 38.9 Å². The van der Waals surface area contributed by atoms with Crippen LogP contribution in [0.3, 0.4) is 0 Å². The Bertz CT molecular complexity index is 418. The number of carbonyl (C=O) groups excluding carboxylic acids is 1. The normalized spacial score (nSPS) is 31.7. The predicted octanol–water partition coefficient (Wildman–Crippen LogP) is 1.84. The molecular formula is C16H28N2O3S. The molecule has 0 aromatic heterocycles. The van der Waals surface area contributed by atoms with E-state index in [9.17, 15) is 9.90 Å². The Hall–Kier alpha value is -0.460. The summed E-state index contributed by atoms with van der Waals surface area (Å²) in [7, 11) is 0. The number of aliphatic hydroxyl groups is 1. The van der Waals surface area contributed by atoms with Crippen LogP contribution in [0.1, 0.15) is 39.0 Å². The quantitative estimate of drug-likeness (QED) is 0.808. The molecule has 0 unspecified atom stereocenters. The van der Waals surface area contributed by atoms with E-state index in [1.807, 2.05) is 23.6 Å². The van der Waals surface area contributed by atoms with Gasteiger partial charge in [0.1, 0.15) is 0 Å². The van der Waals surface area contributed by atoms with Crippen molar-refractivity contribution in [2.24, 2.45) is 5.41 Å². The van der Waals surface area contributed by atoms with Crippen molar-refractivity contribution >= 4 is 17.8 Å². The molecule has 0 bridgehead atoms. The molecule has 2 saturated carbocycles. The molecule has 0 aromatic carbocycles. The number of nitrogens with one attached hydrogen (secondary N) is 1. The summed E-state index contributed by atoms with van der Waals surface area (Å²) < 4.78 is 6.07. The van der Waals surface area contributed by atoms with Crippen LogP contribution in [-0.2, 0) is 4.74 Å². The number of urea groups is 1. The zero-order valence-corrected chi connectivity index (χ0v) is 14.5. The Balaban J connectivity index is 1.48. The number of likely N-dealkylation sites (tertiary alicyclic amines) is 1. The topological polar surface area (TPSA) is 61.8 Å². The van der Waals surface area contributed by atoms with Crippen LogP contribution in [-0.4, -0.2) is 65.5 Å². The van der Waals surface area contributed by atoms with E-state index in [1.54, 1.807) is 0 Å². The van der Waals surface area contributed by atoms with E-state index in [4.69, 9.17) is 4.74 Å². The van der Waals surface area contributed by atoms with Gasteiger partial charge in [-0.2, -0.15) is 11.8 Å². The standard InChI is InChI=1S/C16H28N2O3S/c1-3-21-13-10-12(19)16(13)6-8-18(9-7-16)14(20)17-11-15(22-2)4-5-15/h12-13,19H,3-11H2,1-2H3,(H,17,20)/t12-,13+/m0/s1. The first-order valence-corrected chi connectivity index (χ1v) is 9.65. The maximum atomic E-state index is 12.3. The van der Waals surface area contributed by atoms with Gasteiger partial charge >= 0.3 is 6.03 Å². The summed E-state index contributed by atoms with van der Waals surface area (Å²) in [6, 6.07) is 0.0527. The number of hydrogen-bond donors (Lipinski definition) is 2. The fraction of sp³-hybridized carbons (Fsp3) is 0.938. The Morgan fingerprint density at radius 1 is 1.36 bits per heavy atom. The molecule has 3 aliphatic rings. The van der Waals surface area contributed by atoms with E-state index in [0.717, 1.165) is 38.9 Å². The molecule has 3 fully saturated rings. The number of ether oxygens (including phenoxy) is 1. The number of thioether (sulfide) groups is 1. The first-order valence-electron chi connectivity index (χ1n) is 8.43. The highest BCUT2D eigenvalue weighted by Crippen LogP contribution is 2.51. The molecule has 2 atom stereocenters. The molecule has 3 rings (SSSR count). The van der Waals surface area contributed by atoms with Crippen molar-refractivity contribution < 1.29 is 14.6 Å². The van der Waals surface area contributed by atoms with Crippen LogP contribution in [0.4, 0.5) is 4.79 Å². The van der Waals surface area contributed by atoms with E-state index in [1.165, 1.54) is 12.8 Å². The average Bonchev–Trinajstić information content (AvgIpc) is 3.33. The summed E-state index contributed by atoms with van der Waals surface area (Å²) >= 11 is 1.86. The van der Waals surface area contributed by atoms with Gasteiger partial charge in [0.25, 0.3) is 0 Å². The molecule has 5 nitrogen and oxygen atoms in total. The van der Waals surface area contributed by atoms with Crippen molar-refractivity contribution in [3.8, 4) is 0 Å². The molecule has 0 radical (unpaired) electrons. The third-order valence-electron chi connectivity index (χ3n) is 5.89. The predicted molar refractivity (Wildman–Crippen MR) is 88.2 cm³/mol. The minimum Gasteiger partial charge on any atom is -0.392 e. The Morgan fingerprint density at radius 3 is 2.55 bits per heavy atom. The summed E-state index contributed by atoms with van der Waals surface area (Å²) in [4.78, 5) is 14.2. The molecule has 2 aliphatic carbocycles. The van der Waals surface area contributed by atoms with Gasteiger partial charge in [-0.15, -0.1) is 0 Å². The molecule has 2 N–H and O–H groups in total. The van der Waals surface area contributed by atoms with Gasteiger partial charge in [0.05, 0.1) is 12.2 Å². The number of rotatable bonds is 5. The summed E-state index contributed by atoms with van der Waals surface area (Å²) in [6.07, 6.45) is 6.88. The third kappa shape index (κ3) is 2.85. The van der Waals surface area contributed by atoms with Gasteiger partial charge in [-0.25, -0.2) is 4.79 Å². The van der Waals surface area contributed by atoms with Gasteiger partial charge in [0.15, 0.2) is 0 Å². The molecule has 126 valence electrons. The fourth-order valence-corrected chi connectivity index (χ4v) is 4.61. The number of carbonyl (C=O) groups is 1. The maximum Gasteiger partial charge on any atom is 0.317 e. The van der Waals surface area contributed by atoms with Crippen molar-refractivity contribution in [1.29, 1.82) is 0 Å². The van der Waals surface area contributed by atoms with Gasteiger partial charge in [0, 0.05) is 42.8 Å². The van der Waals surface area contributed by atoms with Crippen LogP contribution in [0.25, 0.3) is 0 Å². The molecule has 6 heteroatoms. The molecule has 1 heterocycles. The summed E-state index contributed by atoms with van der Waals surface area (Å²) in [5, 5.41) is 13.3. The minimum atomic E-state index is -0.263. The fourth-order valence-electron chi connectivity index (χ4n) is 3.88. The van der Waals surface area contributed by atoms with E-state index in [0.29, 0.717) is 11.4 Å². The number of amides is 2. The number of nitrogens with zero attached hydrogens (tertiary/aromatic N) is 1. The van der Waals surface area contributed by atoms with Crippen LogP contribution in [0.5, 0.6) is 0 Å². The van der Waals surface area contributed by atoms with Gasteiger partial charge in [0.2, 0.25) is 0 Å².